The van der Waals surface area contributed by atoms with Crippen LogP contribution in [-0.2, 0) is 21.3 Å². The summed E-state index contributed by atoms with van der Waals surface area (Å²) in [5, 5.41) is -0.198. The molecule has 2 aliphatic rings. The third-order valence-corrected chi connectivity index (χ3v) is 5.92. The Balaban J connectivity index is 1.80. The molecule has 0 radical (unpaired) electrons. The van der Waals surface area contributed by atoms with Gasteiger partial charge >= 0.3 is 0 Å². The number of aromatic nitrogens is 2. The smallest absolute Gasteiger partial charge is 0.214 e. The van der Waals surface area contributed by atoms with Gasteiger partial charge < -0.3 is 9.30 Å². The van der Waals surface area contributed by atoms with Crippen LogP contribution in [0.2, 0.25) is 0 Å². The summed E-state index contributed by atoms with van der Waals surface area (Å²) in [5.74, 6) is 0.815. The predicted octanol–water partition coefficient (Wildman–Crippen LogP) is 1.20. The fourth-order valence-corrected chi connectivity index (χ4v) is 4.30. The topological polar surface area (TPSA) is 73.2 Å². The van der Waals surface area contributed by atoms with E-state index in [-0.39, 0.29) is 17.4 Å². The standard InChI is InChI=1S/C13H21N3O3S/c1-2-16-8-7-14-13(16)12-11(4-3-9-19-12)15-20(17,18)10-5-6-10/h7-8,10-12,15H,2-6,9H2,1H3/t11-,12-/m1/s1. The third-order valence-electron chi connectivity index (χ3n) is 3.94. The van der Waals surface area contributed by atoms with Crippen LogP contribution < -0.4 is 4.72 Å². The molecule has 0 aromatic carbocycles. The van der Waals surface area contributed by atoms with Crippen LogP contribution in [0, 0.1) is 0 Å². The average molecular weight is 299 g/mol. The van der Waals surface area contributed by atoms with E-state index < -0.39 is 10.0 Å². The summed E-state index contributed by atoms with van der Waals surface area (Å²) in [6.45, 7) is 3.50. The summed E-state index contributed by atoms with van der Waals surface area (Å²) >= 11 is 0. The van der Waals surface area contributed by atoms with Crippen molar-refractivity contribution in [2.24, 2.45) is 0 Å². The van der Waals surface area contributed by atoms with Crippen LogP contribution in [0.5, 0.6) is 0 Å². The molecule has 2 heterocycles. The first kappa shape index (κ1) is 14.0. The third kappa shape index (κ3) is 2.75. The van der Waals surface area contributed by atoms with Gasteiger partial charge in [-0.2, -0.15) is 0 Å². The molecular weight excluding hydrogens is 278 g/mol. The Morgan fingerprint density at radius 1 is 1.45 bits per heavy atom. The molecule has 2 fully saturated rings. The SMILES string of the molecule is CCn1ccnc1[C@@H]1OCCC[C@H]1NS(=O)(=O)C1CC1. The summed E-state index contributed by atoms with van der Waals surface area (Å²) in [7, 11) is -3.20. The summed E-state index contributed by atoms with van der Waals surface area (Å²) in [6, 6.07) is -0.206. The molecule has 20 heavy (non-hydrogen) atoms. The molecule has 3 rings (SSSR count). The van der Waals surface area contributed by atoms with Crippen LogP contribution in [0.15, 0.2) is 12.4 Å². The normalized spacial score (nSPS) is 27.6. The Morgan fingerprint density at radius 3 is 2.95 bits per heavy atom. The monoisotopic (exact) mass is 299 g/mol. The lowest BCUT2D eigenvalue weighted by atomic mass is 10.0. The number of rotatable bonds is 5. The second-order valence-electron chi connectivity index (χ2n) is 5.47. The molecule has 2 atom stereocenters. The average Bonchev–Trinajstić information content (AvgIpc) is 3.19. The van der Waals surface area contributed by atoms with Crippen LogP contribution in [0.3, 0.4) is 0 Å². The molecule has 1 aromatic rings. The highest BCUT2D eigenvalue weighted by atomic mass is 32.2. The van der Waals surface area contributed by atoms with Crippen molar-refractivity contribution in [1.82, 2.24) is 14.3 Å². The highest BCUT2D eigenvalue weighted by Gasteiger charge is 2.40. The number of hydrogen-bond acceptors (Lipinski definition) is 4. The Hall–Kier alpha value is -0.920. The van der Waals surface area contributed by atoms with Crippen molar-refractivity contribution >= 4 is 10.0 Å². The minimum absolute atomic E-state index is 0.198. The first-order valence-electron chi connectivity index (χ1n) is 7.25. The van der Waals surface area contributed by atoms with Gasteiger partial charge in [-0.1, -0.05) is 0 Å². The molecular formula is C13H21N3O3S. The Labute approximate surface area is 119 Å². The first-order valence-corrected chi connectivity index (χ1v) is 8.80. The van der Waals surface area contributed by atoms with Gasteiger partial charge in [0, 0.05) is 25.5 Å². The number of aryl methyl sites for hydroxylation is 1. The lowest BCUT2D eigenvalue weighted by Gasteiger charge is -2.32. The maximum atomic E-state index is 12.1. The van der Waals surface area contributed by atoms with Crippen molar-refractivity contribution in [3.63, 3.8) is 0 Å². The predicted molar refractivity (Wildman–Crippen MR) is 74.7 cm³/mol. The molecule has 7 heteroatoms. The van der Waals surface area contributed by atoms with E-state index in [4.69, 9.17) is 4.74 Å². The molecule has 1 N–H and O–H groups in total. The number of nitrogens with zero attached hydrogens (tertiary/aromatic N) is 2. The lowest BCUT2D eigenvalue weighted by Crippen LogP contribution is -2.44. The van der Waals surface area contributed by atoms with Crippen LogP contribution >= 0.6 is 0 Å². The molecule has 1 saturated carbocycles. The second-order valence-corrected chi connectivity index (χ2v) is 7.47. The van der Waals surface area contributed by atoms with E-state index in [1.807, 2.05) is 17.7 Å². The van der Waals surface area contributed by atoms with Gasteiger partial charge in [-0.15, -0.1) is 0 Å². The van der Waals surface area contributed by atoms with E-state index >= 15 is 0 Å². The number of hydrogen-bond donors (Lipinski definition) is 1. The highest BCUT2D eigenvalue weighted by molar-refractivity contribution is 7.90. The Kier molecular flexibility index (Phi) is 3.83. The van der Waals surface area contributed by atoms with Gasteiger partial charge in [0.1, 0.15) is 11.9 Å². The number of ether oxygens (including phenoxy) is 1. The zero-order chi connectivity index (χ0) is 14.2. The molecule has 1 aromatic heterocycles. The highest BCUT2D eigenvalue weighted by Crippen LogP contribution is 2.32. The van der Waals surface area contributed by atoms with Crippen molar-refractivity contribution in [3.05, 3.63) is 18.2 Å². The molecule has 1 saturated heterocycles. The summed E-state index contributed by atoms with van der Waals surface area (Å²) < 4.78 is 34.9. The second kappa shape index (κ2) is 5.46. The van der Waals surface area contributed by atoms with Gasteiger partial charge in [0.05, 0.1) is 11.3 Å². The van der Waals surface area contributed by atoms with Crippen LogP contribution in [0.4, 0.5) is 0 Å². The quantitative estimate of drug-likeness (QED) is 0.887. The molecule has 0 spiro atoms. The molecule has 1 aliphatic heterocycles. The first-order chi connectivity index (χ1) is 9.62. The van der Waals surface area contributed by atoms with E-state index in [1.165, 1.54) is 0 Å². The van der Waals surface area contributed by atoms with E-state index in [1.54, 1.807) is 6.20 Å². The van der Waals surface area contributed by atoms with E-state index in [0.29, 0.717) is 6.61 Å². The Bertz CT molecular complexity index is 565. The molecule has 1 aliphatic carbocycles. The minimum atomic E-state index is -3.20. The van der Waals surface area contributed by atoms with Gasteiger partial charge in [0.15, 0.2) is 0 Å². The van der Waals surface area contributed by atoms with E-state index in [9.17, 15) is 8.42 Å². The van der Waals surface area contributed by atoms with Crippen molar-refractivity contribution in [2.45, 2.75) is 56.5 Å². The minimum Gasteiger partial charge on any atom is -0.369 e. The summed E-state index contributed by atoms with van der Waals surface area (Å²) in [5.41, 5.74) is 0. The maximum absolute atomic E-state index is 12.1. The Morgan fingerprint density at radius 2 is 2.25 bits per heavy atom. The molecule has 0 bridgehead atoms. The summed E-state index contributed by atoms with van der Waals surface area (Å²) in [6.07, 6.45) is 6.58. The number of nitrogens with one attached hydrogen (secondary N) is 1. The van der Waals surface area contributed by atoms with Gasteiger partial charge in [-0.05, 0) is 32.6 Å². The van der Waals surface area contributed by atoms with E-state index in [2.05, 4.69) is 9.71 Å². The summed E-state index contributed by atoms with van der Waals surface area (Å²) in [4.78, 5) is 4.35. The number of sulfonamides is 1. The van der Waals surface area contributed by atoms with Crippen molar-refractivity contribution < 1.29 is 13.2 Å². The maximum Gasteiger partial charge on any atom is 0.214 e. The van der Waals surface area contributed by atoms with E-state index in [0.717, 1.165) is 38.1 Å². The van der Waals surface area contributed by atoms with Gasteiger partial charge in [-0.25, -0.2) is 18.1 Å². The zero-order valence-corrected chi connectivity index (χ0v) is 12.5. The molecule has 6 nitrogen and oxygen atoms in total. The van der Waals surface area contributed by atoms with Gasteiger partial charge in [-0.3, -0.25) is 0 Å². The van der Waals surface area contributed by atoms with Crippen LogP contribution in [0.1, 0.15) is 44.5 Å². The van der Waals surface area contributed by atoms with Gasteiger partial charge in [0.25, 0.3) is 0 Å². The zero-order valence-electron chi connectivity index (χ0n) is 11.7. The molecule has 0 amide bonds. The van der Waals surface area contributed by atoms with Crippen molar-refractivity contribution in [3.8, 4) is 0 Å². The van der Waals surface area contributed by atoms with Gasteiger partial charge in [0.2, 0.25) is 10.0 Å². The van der Waals surface area contributed by atoms with Crippen LogP contribution in [-0.4, -0.2) is 35.9 Å². The molecule has 0 unspecified atom stereocenters. The fourth-order valence-electron chi connectivity index (χ4n) is 2.69. The van der Waals surface area contributed by atoms with Crippen LogP contribution in [0.25, 0.3) is 0 Å². The largest absolute Gasteiger partial charge is 0.369 e. The van der Waals surface area contributed by atoms with Crippen molar-refractivity contribution in [1.29, 1.82) is 0 Å². The lowest BCUT2D eigenvalue weighted by molar-refractivity contribution is -0.0116. The molecule has 112 valence electrons. The fraction of sp³-hybridized carbons (Fsp3) is 0.769. The van der Waals surface area contributed by atoms with Crippen molar-refractivity contribution in [2.75, 3.05) is 6.61 Å². The number of imidazole rings is 1.